The molecule has 0 radical (unpaired) electrons. The number of anilines is 2. The van der Waals surface area contributed by atoms with Crippen LogP contribution in [0.15, 0.2) is 48.5 Å². The zero-order valence-electron chi connectivity index (χ0n) is 16.3. The van der Waals surface area contributed by atoms with Crippen LogP contribution in [-0.4, -0.2) is 30.2 Å². The van der Waals surface area contributed by atoms with E-state index in [9.17, 15) is 19.2 Å². The van der Waals surface area contributed by atoms with E-state index in [0.29, 0.717) is 29.8 Å². The van der Waals surface area contributed by atoms with Crippen molar-refractivity contribution < 1.29 is 23.9 Å². The number of hydrogen-bond donors (Lipinski definition) is 2. The lowest BCUT2D eigenvalue weighted by Gasteiger charge is -2.17. The van der Waals surface area contributed by atoms with Crippen LogP contribution in [0.4, 0.5) is 11.4 Å². The van der Waals surface area contributed by atoms with Crippen molar-refractivity contribution in [3.8, 4) is 0 Å². The molecule has 0 heterocycles. The van der Waals surface area contributed by atoms with Gasteiger partial charge in [-0.1, -0.05) is 12.1 Å². The van der Waals surface area contributed by atoms with E-state index in [1.807, 2.05) is 0 Å². The van der Waals surface area contributed by atoms with Gasteiger partial charge in [0.25, 0.3) is 0 Å². The fourth-order valence-electron chi connectivity index (χ4n) is 2.94. The molecule has 150 valence electrons. The van der Waals surface area contributed by atoms with Gasteiger partial charge in [0.05, 0.1) is 17.9 Å². The van der Waals surface area contributed by atoms with Crippen LogP contribution in [0.2, 0.25) is 0 Å². The zero-order valence-corrected chi connectivity index (χ0v) is 16.3. The monoisotopic (exact) mass is 394 g/mol. The van der Waals surface area contributed by atoms with Crippen LogP contribution in [-0.2, 0) is 14.3 Å². The summed E-state index contributed by atoms with van der Waals surface area (Å²) in [6.45, 7) is 3.38. The van der Waals surface area contributed by atoms with E-state index in [1.165, 1.54) is 6.92 Å². The number of para-hydroxylation sites is 1. The Morgan fingerprint density at radius 3 is 2.14 bits per heavy atom. The van der Waals surface area contributed by atoms with Crippen molar-refractivity contribution >= 4 is 34.9 Å². The van der Waals surface area contributed by atoms with Gasteiger partial charge < -0.3 is 15.4 Å². The molecule has 0 saturated heterocycles. The molecule has 0 atom stereocenters. The second kappa shape index (κ2) is 8.26. The lowest BCUT2D eigenvalue weighted by atomic mass is 10.0. The number of carbonyl (C=O) groups excluding carboxylic acids is 4. The van der Waals surface area contributed by atoms with E-state index in [2.05, 4.69) is 10.6 Å². The number of benzene rings is 2. The average molecular weight is 394 g/mol. The molecule has 1 fully saturated rings. The van der Waals surface area contributed by atoms with Gasteiger partial charge in [0.15, 0.2) is 5.78 Å². The van der Waals surface area contributed by atoms with Crippen LogP contribution >= 0.6 is 0 Å². The summed E-state index contributed by atoms with van der Waals surface area (Å²) in [5, 5.41) is 5.43. The van der Waals surface area contributed by atoms with Crippen LogP contribution in [0.1, 0.15) is 47.4 Å². The number of nitrogens with one attached hydrogen (secondary N) is 2. The maximum atomic E-state index is 12.8. The van der Waals surface area contributed by atoms with Gasteiger partial charge in [-0.15, -0.1) is 0 Å². The Bertz CT molecular complexity index is 961. The van der Waals surface area contributed by atoms with Gasteiger partial charge in [0, 0.05) is 11.3 Å². The van der Waals surface area contributed by atoms with E-state index in [-0.39, 0.29) is 18.0 Å². The first-order valence-electron chi connectivity index (χ1n) is 9.37. The number of amides is 2. The van der Waals surface area contributed by atoms with Crippen LogP contribution in [0.3, 0.4) is 0 Å². The van der Waals surface area contributed by atoms with Crippen molar-refractivity contribution in [2.75, 3.05) is 17.2 Å². The molecule has 7 nitrogen and oxygen atoms in total. The lowest BCUT2D eigenvalue weighted by Crippen LogP contribution is -2.36. The highest BCUT2D eigenvalue weighted by Crippen LogP contribution is 2.47. The SMILES string of the molecule is CCOC(=O)c1ccccc1NC(=O)C1(C(=O)Nc2ccc(C(C)=O)cc2)CC1. The Balaban J connectivity index is 1.72. The van der Waals surface area contributed by atoms with Gasteiger partial charge in [0.2, 0.25) is 11.8 Å². The molecule has 0 unspecified atom stereocenters. The van der Waals surface area contributed by atoms with Crippen molar-refractivity contribution in [1.82, 2.24) is 0 Å². The lowest BCUT2D eigenvalue weighted by molar-refractivity contribution is -0.131. The summed E-state index contributed by atoms with van der Waals surface area (Å²) in [4.78, 5) is 49.0. The molecule has 1 aliphatic carbocycles. The van der Waals surface area contributed by atoms with Crippen molar-refractivity contribution in [1.29, 1.82) is 0 Å². The maximum absolute atomic E-state index is 12.8. The summed E-state index contributed by atoms with van der Waals surface area (Å²) in [5.74, 6) is -1.49. The van der Waals surface area contributed by atoms with Crippen LogP contribution in [0.25, 0.3) is 0 Å². The molecular weight excluding hydrogens is 372 g/mol. The largest absolute Gasteiger partial charge is 0.462 e. The third-order valence-corrected chi connectivity index (χ3v) is 4.84. The number of Topliss-reactive ketones (excluding diaryl/α,β-unsaturated/α-hetero) is 1. The minimum Gasteiger partial charge on any atom is -0.462 e. The molecule has 0 aromatic heterocycles. The summed E-state index contributed by atoms with van der Waals surface area (Å²) in [5.41, 5.74) is 0.407. The molecule has 1 aliphatic rings. The summed E-state index contributed by atoms with van der Waals surface area (Å²) in [6.07, 6.45) is 0.829. The molecule has 2 amide bonds. The minimum atomic E-state index is -1.18. The number of ketones is 1. The van der Waals surface area contributed by atoms with Crippen molar-refractivity contribution in [2.24, 2.45) is 5.41 Å². The average Bonchev–Trinajstić information content (AvgIpc) is 3.51. The van der Waals surface area contributed by atoms with Gasteiger partial charge in [0.1, 0.15) is 5.41 Å². The quantitative estimate of drug-likeness (QED) is 0.426. The number of ether oxygens (including phenoxy) is 1. The van der Waals surface area contributed by atoms with Gasteiger partial charge in [-0.2, -0.15) is 0 Å². The Hall–Kier alpha value is -3.48. The molecule has 7 heteroatoms. The molecule has 0 bridgehead atoms. The number of carbonyl (C=O) groups is 4. The summed E-state index contributed by atoms with van der Waals surface area (Å²) in [7, 11) is 0. The fourth-order valence-corrected chi connectivity index (χ4v) is 2.94. The van der Waals surface area contributed by atoms with Crippen molar-refractivity contribution in [2.45, 2.75) is 26.7 Å². The van der Waals surface area contributed by atoms with E-state index >= 15 is 0 Å². The van der Waals surface area contributed by atoms with E-state index < -0.39 is 23.2 Å². The highest BCUT2D eigenvalue weighted by atomic mass is 16.5. The molecule has 2 aromatic carbocycles. The molecule has 2 aromatic rings. The highest BCUT2D eigenvalue weighted by molar-refractivity contribution is 6.17. The highest BCUT2D eigenvalue weighted by Gasteiger charge is 2.56. The molecule has 3 rings (SSSR count). The molecule has 1 saturated carbocycles. The Kier molecular flexibility index (Phi) is 5.77. The Morgan fingerprint density at radius 2 is 1.55 bits per heavy atom. The first-order valence-corrected chi connectivity index (χ1v) is 9.37. The number of rotatable bonds is 7. The molecule has 2 N–H and O–H groups in total. The maximum Gasteiger partial charge on any atom is 0.340 e. The second-order valence-corrected chi connectivity index (χ2v) is 6.89. The van der Waals surface area contributed by atoms with E-state index in [0.717, 1.165) is 0 Å². The zero-order chi connectivity index (χ0) is 21.0. The molecule has 0 spiro atoms. The number of esters is 1. The third kappa shape index (κ3) is 4.34. The van der Waals surface area contributed by atoms with Gasteiger partial charge in [-0.05, 0) is 63.1 Å². The summed E-state index contributed by atoms with van der Waals surface area (Å²) in [6, 6.07) is 13.0. The van der Waals surface area contributed by atoms with Crippen LogP contribution in [0, 0.1) is 5.41 Å². The smallest absolute Gasteiger partial charge is 0.340 e. The van der Waals surface area contributed by atoms with Gasteiger partial charge in [-0.3, -0.25) is 14.4 Å². The molecule has 29 heavy (non-hydrogen) atoms. The van der Waals surface area contributed by atoms with Crippen LogP contribution < -0.4 is 10.6 Å². The Labute approximate surface area is 168 Å². The Morgan fingerprint density at radius 1 is 0.931 bits per heavy atom. The predicted octanol–water partition coefficient (Wildman–Crippen LogP) is 3.42. The van der Waals surface area contributed by atoms with E-state index in [1.54, 1.807) is 55.5 Å². The first-order chi connectivity index (χ1) is 13.9. The first kappa shape index (κ1) is 20.3. The predicted molar refractivity (Wildman–Crippen MR) is 108 cm³/mol. The van der Waals surface area contributed by atoms with E-state index in [4.69, 9.17) is 4.74 Å². The normalized spacial score (nSPS) is 13.9. The fraction of sp³-hybridized carbons (Fsp3) is 0.273. The van der Waals surface area contributed by atoms with Gasteiger partial charge in [-0.25, -0.2) is 4.79 Å². The standard InChI is InChI=1S/C22H22N2O5/c1-3-29-19(26)17-6-4-5-7-18(17)24-21(28)22(12-13-22)20(27)23-16-10-8-15(9-11-16)14(2)25/h4-11H,3,12-13H2,1-2H3,(H,23,27)(H,24,28). The molecular formula is C22H22N2O5. The van der Waals surface area contributed by atoms with Gasteiger partial charge >= 0.3 is 5.97 Å². The minimum absolute atomic E-state index is 0.0683. The van der Waals surface area contributed by atoms with Crippen molar-refractivity contribution in [3.63, 3.8) is 0 Å². The topological polar surface area (TPSA) is 102 Å². The number of hydrogen-bond acceptors (Lipinski definition) is 5. The van der Waals surface area contributed by atoms with Crippen LogP contribution in [0.5, 0.6) is 0 Å². The summed E-state index contributed by atoms with van der Waals surface area (Å²) < 4.78 is 5.01. The summed E-state index contributed by atoms with van der Waals surface area (Å²) >= 11 is 0. The third-order valence-electron chi connectivity index (χ3n) is 4.84. The molecule has 0 aliphatic heterocycles. The second-order valence-electron chi connectivity index (χ2n) is 6.89. The van der Waals surface area contributed by atoms with Crippen molar-refractivity contribution in [3.05, 3.63) is 59.7 Å².